The first-order chi connectivity index (χ1) is 11.4. The molecule has 3 aliphatic carbocycles. The largest absolute Gasteiger partial charge is 0.498 e. The highest BCUT2D eigenvalue weighted by Crippen LogP contribution is 2.65. The topological polar surface area (TPSA) is 51.8 Å². The second-order valence-corrected chi connectivity index (χ2v) is 8.70. The Bertz CT molecular complexity index is 612. The van der Waals surface area contributed by atoms with Crippen molar-refractivity contribution in [2.45, 2.75) is 77.6 Å². The lowest BCUT2D eigenvalue weighted by Crippen LogP contribution is -2.65. The molecular formula is C19H29BO4. The van der Waals surface area contributed by atoms with Crippen molar-refractivity contribution in [3.05, 3.63) is 18.1 Å². The van der Waals surface area contributed by atoms with Gasteiger partial charge in [0.05, 0.1) is 18.0 Å². The van der Waals surface area contributed by atoms with Gasteiger partial charge in [0.1, 0.15) is 11.9 Å². The Labute approximate surface area is 145 Å². The number of hydrogen-bond donors (Lipinski definition) is 1. The fourth-order valence-electron chi connectivity index (χ4n) is 5.32. The van der Waals surface area contributed by atoms with Crippen LogP contribution in [0.3, 0.4) is 0 Å². The molecule has 5 heteroatoms. The van der Waals surface area contributed by atoms with Crippen molar-refractivity contribution in [2.75, 3.05) is 0 Å². The van der Waals surface area contributed by atoms with Gasteiger partial charge < -0.3 is 18.8 Å². The summed E-state index contributed by atoms with van der Waals surface area (Å²) in [7, 11) is -0.417. The first-order valence-electron chi connectivity index (χ1n) is 9.46. The molecule has 2 bridgehead atoms. The van der Waals surface area contributed by atoms with Crippen molar-refractivity contribution >= 4 is 12.6 Å². The molecular weight excluding hydrogens is 303 g/mol. The minimum atomic E-state index is -0.581. The van der Waals surface area contributed by atoms with Crippen LogP contribution in [-0.2, 0) is 9.31 Å². The normalized spacial score (nSPS) is 37.9. The lowest BCUT2D eigenvalue weighted by molar-refractivity contribution is -0.199. The molecule has 1 N–H and O–H groups in total. The van der Waals surface area contributed by atoms with Crippen molar-refractivity contribution in [3.8, 4) is 0 Å². The molecule has 132 valence electrons. The van der Waals surface area contributed by atoms with Gasteiger partial charge >= 0.3 is 7.12 Å². The standard InChI is InChI=1S/C19H29BO4/c1-5-6-7-14(21)17-13(8-9-22-17)20-23-16-11-12-10-15(18(12,2)3)19(16,4)24-20/h8-9,12,14-16,21H,5-7,10-11H2,1-4H3/t12-,14-,15-,16+,19-/m0/s1. The Kier molecular flexibility index (Phi) is 3.90. The Balaban J connectivity index is 1.55. The SMILES string of the molecule is CCCC[C@H](O)c1occc1B1O[C@@H]2C[C@@H]3C[C@@H](C3(C)C)[C@]2(C)O1. The van der Waals surface area contributed by atoms with Gasteiger partial charge in [0.2, 0.25) is 0 Å². The zero-order valence-corrected chi connectivity index (χ0v) is 15.2. The Morgan fingerprint density at radius 1 is 1.33 bits per heavy atom. The molecule has 5 rings (SSSR count). The van der Waals surface area contributed by atoms with Crippen LogP contribution in [-0.4, -0.2) is 23.9 Å². The molecule has 5 atom stereocenters. The first kappa shape index (κ1) is 16.7. The highest BCUT2D eigenvalue weighted by Gasteiger charge is 2.68. The van der Waals surface area contributed by atoms with E-state index in [1.54, 1.807) is 6.26 Å². The van der Waals surface area contributed by atoms with Crippen LogP contribution < -0.4 is 5.46 Å². The monoisotopic (exact) mass is 332 g/mol. The van der Waals surface area contributed by atoms with Crippen LogP contribution in [0, 0.1) is 17.3 Å². The summed E-state index contributed by atoms with van der Waals surface area (Å²) in [5, 5.41) is 10.4. The van der Waals surface area contributed by atoms with Gasteiger partial charge in [-0.25, -0.2) is 0 Å². The predicted octanol–water partition coefficient (Wildman–Crippen LogP) is 3.44. The second kappa shape index (κ2) is 5.62. The Hall–Kier alpha value is -0.775. The number of rotatable bonds is 5. The molecule has 0 spiro atoms. The van der Waals surface area contributed by atoms with Gasteiger partial charge in [0.15, 0.2) is 0 Å². The van der Waals surface area contributed by atoms with Crippen molar-refractivity contribution in [3.63, 3.8) is 0 Å². The first-order valence-corrected chi connectivity index (χ1v) is 9.46. The third kappa shape index (κ3) is 2.24. The number of hydrogen-bond acceptors (Lipinski definition) is 4. The molecule has 4 nitrogen and oxygen atoms in total. The molecule has 4 aliphatic rings. The van der Waals surface area contributed by atoms with E-state index in [0.29, 0.717) is 23.5 Å². The highest BCUT2D eigenvalue weighted by atomic mass is 16.7. The molecule has 24 heavy (non-hydrogen) atoms. The van der Waals surface area contributed by atoms with Crippen molar-refractivity contribution in [1.29, 1.82) is 0 Å². The summed E-state index contributed by atoms with van der Waals surface area (Å²) in [6.45, 7) is 9.06. The van der Waals surface area contributed by atoms with Crippen LogP contribution in [0.15, 0.2) is 16.7 Å². The van der Waals surface area contributed by atoms with Gasteiger partial charge in [-0.05, 0) is 49.5 Å². The summed E-state index contributed by atoms with van der Waals surface area (Å²) in [5.74, 6) is 1.89. The maximum absolute atomic E-state index is 10.4. The maximum atomic E-state index is 10.4. The van der Waals surface area contributed by atoms with Crippen LogP contribution in [0.5, 0.6) is 0 Å². The van der Waals surface area contributed by atoms with E-state index in [0.717, 1.165) is 30.6 Å². The minimum absolute atomic E-state index is 0.148. The molecule has 3 saturated carbocycles. The molecule has 0 radical (unpaired) electrons. The van der Waals surface area contributed by atoms with Gasteiger partial charge in [-0.2, -0.15) is 0 Å². The van der Waals surface area contributed by atoms with Crippen molar-refractivity contribution in [1.82, 2.24) is 0 Å². The summed E-state index contributed by atoms with van der Waals surface area (Å²) in [4.78, 5) is 0. The van der Waals surface area contributed by atoms with Gasteiger partial charge in [-0.15, -0.1) is 0 Å². The summed E-state index contributed by atoms with van der Waals surface area (Å²) in [6, 6.07) is 1.89. The number of furan rings is 1. The van der Waals surface area contributed by atoms with E-state index in [1.165, 1.54) is 6.42 Å². The van der Waals surface area contributed by atoms with E-state index < -0.39 is 13.2 Å². The van der Waals surface area contributed by atoms with Crippen LogP contribution in [0.25, 0.3) is 0 Å². The molecule has 4 fully saturated rings. The average Bonchev–Trinajstić information content (AvgIpc) is 3.14. The van der Waals surface area contributed by atoms with Gasteiger partial charge in [0, 0.05) is 5.46 Å². The average molecular weight is 332 g/mol. The molecule has 1 saturated heterocycles. The van der Waals surface area contributed by atoms with E-state index in [-0.39, 0.29) is 11.7 Å². The molecule has 2 heterocycles. The highest BCUT2D eigenvalue weighted by molar-refractivity contribution is 6.62. The Morgan fingerprint density at radius 2 is 2.12 bits per heavy atom. The smallest absolute Gasteiger partial charge is 0.467 e. The fraction of sp³-hybridized carbons (Fsp3) is 0.789. The van der Waals surface area contributed by atoms with Gasteiger partial charge in [-0.3, -0.25) is 0 Å². The van der Waals surface area contributed by atoms with Crippen molar-refractivity contribution < 1.29 is 18.8 Å². The lowest BCUT2D eigenvalue weighted by atomic mass is 9.43. The molecule has 1 aromatic rings. The molecule has 1 aliphatic heterocycles. The number of aliphatic hydroxyl groups excluding tert-OH is 1. The van der Waals surface area contributed by atoms with Gasteiger partial charge in [0.25, 0.3) is 0 Å². The zero-order valence-electron chi connectivity index (χ0n) is 15.2. The zero-order chi connectivity index (χ0) is 17.1. The predicted molar refractivity (Wildman–Crippen MR) is 92.9 cm³/mol. The summed E-state index contributed by atoms with van der Waals surface area (Å²) in [5.41, 5.74) is 0.971. The summed E-state index contributed by atoms with van der Waals surface area (Å²) >= 11 is 0. The summed E-state index contributed by atoms with van der Waals surface area (Å²) in [6.07, 6.45) is 6.27. The quantitative estimate of drug-likeness (QED) is 0.839. The molecule has 0 aromatic carbocycles. The molecule has 1 aromatic heterocycles. The van der Waals surface area contributed by atoms with Crippen LogP contribution >= 0.6 is 0 Å². The van der Waals surface area contributed by atoms with E-state index >= 15 is 0 Å². The maximum Gasteiger partial charge on any atom is 0.498 e. The van der Waals surface area contributed by atoms with E-state index in [2.05, 4.69) is 27.7 Å². The lowest BCUT2D eigenvalue weighted by Gasteiger charge is -2.64. The fourth-order valence-corrected chi connectivity index (χ4v) is 5.32. The van der Waals surface area contributed by atoms with Crippen LogP contribution in [0.2, 0.25) is 0 Å². The third-order valence-corrected chi connectivity index (χ3v) is 7.06. The van der Waals surface area contributed by atoms with E-state index in [9.17, 15) is 5.11 Å². The van der Waals surface area contributed by atoms with Crippen LogP contribution in [0.4, 0.5) is 0 Å². The summed E-state index contributed by atoms with van der Waals surface area (Å²) < 4.78 is 18.4. The second-order valence-electron chi connectivity index (χ2n) is 8.70. The number of unbranched alkanes of at least 4 members (excludes halogenated alkanes) is 1. The third-order valence-electron chi connectivity index (χ3n) is 7.06. The van der Waals surface area contributed by atoms with Crippen LogP contribution in [0.1, 0.15) is 71.7 Å². The van der Waals surface area contributed by atoms with E-state index in [4.69, 9.17) is 13.7 Å². The molecule has 0 amide bonds. The van der Waals surface area contributed by atoms with Crippen molar-refractivity contribution in [2.24, 2.45) is 17.3 Å². The molecule has 0 unspecified atom stereocenters. The Morgan fingerprint density at radius 3 is 2.83 bits per heavy atom. The van der Waals surface area contributed by atoms with E-state index in [1.807, 2.05) is 6.07 Å². The van der Waals surface area contributed by atoms with Gasteiger partial charge in [-0.1, -0.05) is 33.6 Å². The minimum Gasteiger partial charge on any atom is -0.467 e. The number of aliphatic hydroxyl groups is 1.